The molecule has 2 aromatic rings. The first-order valence-corrected chi connectivity index (χ1v) is 12.1. The molecule has 7 heteroatoms. The fraction of sp³-hybridized carbons (Fsp3) is 0.464. The van der Waals surface area contributed by atoms with E-state index in [2.05, 4.69) is 10.6 Å². The number of alkyl carbamates (subject to hydrolysis) is 1. The first kappa shape index (κ1) is 27.9. The highest BCUT2D eigenvalue weighted by Crippen LogP contribution is 2.27. The summed E-state index contributed by atoms with van der Waals surface area (Å²) in [7, 11) is 0. The Morgan fingerprint density at radius 1 is 1.03 bits per heavy atom. The van der Waals surface area contributed by atoms with Crippen molar-refractivity contribution in [1.82, 2.24) is 15.5 Å². The summed E-state index contributed by atoms with van der Waals surface area (Å²) >= 11 is 0. The summed E-state index contributed by atoms with van der Waals surface area (Å²) in [6.07, 6.45) is -0.0234. The predicted molar refractivity (Wildman–Crippen MR) is 138 cm³/mol. The van der Waals surface area contributed by atoms with Gasteiger partial charge < -0.3 is 20.3 Å². The van der Waals surface area contributed by atoms with Gasteiger partial charge in [0.2, 0.25) is 11.8 Å². The minimum Gasteiger partial charge on any atom is -0.444 e. The van der Waals surface area contributed by atoms with Crippen LogP contribution in [0.2, 0.25) is 0 Å². The second kappa shape index (κ2) is 12.4. The lowest BCUT2D eigenvalue weighted by Crippen LogP contribution is -2.52. The third-order valence-corrected chi connectivity index (χ3v) is 5.45. The van der Waals surface area contributed by atoms with Gasteiger partial charge in [0.15, 0.2) is 0 Å². The molecule has 2 N–H and O–H groups in total. The zero-order chi connectivity index (χ0) is 26.2. The van der Waals surface area contributed by atoms with Gasteiger partial charge >= 0.3 is 6.09 Å². The van der Waals surface area contributed by atoms with Crippen LogP contribution in [0.5, 0.6) is 0 Å². The molecule has 0 aromatic heterocycles. The number of carbonyl (C=O) groups is 3. The zero-order valence-electron chi connectivity index (χ0n) is 22.0. The molecule has 35 heavy (non-hydrogen) atoms. The average molecular weight is 482 g/mol. The van der Waals surface area contributed by atoms with E-state index in [1.807, 2.05) is 69.3 Å². The Hall–Kier alpha value is -3.35. The van der Waals surface area contributed by atoms with Gasteiger partial charge in [-0.3, -0.25) is 9.59 Å². The number of hydrogen-bond acceptors (Lipinski definition) is 4. The van der Waals surface area contributed by atoms with Gasteiger partial charge in [-0.2, -0.15) is 0 Å². The fourth-order valence-electron chi connectivity index (χ4n) is 3.79. The largest absolute Gasteiger partial charge is 0.444 e. The van der Waals surface area contributed by atoms with E-state index in [-0.39, 0.29) is 11.8 Å². The number of carbonyl (C=O) groups excluding carboxylic acids is 3. The van der Waals surface area contributed by atoms with Crippen molar-refractivity contribution in [2.24, 2.45) is 0 Å². The maximum absolute atomic E-state index is 13.6. The molecule has 0 aliphatic rings. The van der Waals surface area contributed by atoms with Gasteiger partial charge in [0.1, 0.15) is 17.7 Å². The minimum absolute atomic E-state index is 0.270. The summed E-state index contributed by atoms with van der Waals surface area (Å²) in [5.74, 6) is -0.618. The molecule has 2 unspecified atom stereocenters. The number of rotatable bonds is 9. The van der Waals surface area contributed by atoms with E-state index in [1.54, 1.807) is 32.6 Å². The summed E-state index contributed by atoms with van der Waals surface area (Å²) in [6.45, 7) is 13.4. The van der Waals surface area contributed by atoms with Crippen molar-refractivity contribution in [3.8, 4) is 0 Å². The van der Waals surface area contributed by atoms with E-state index in [0.717, 1.165) is 22.3 Å². The molecule has 3 amide bonds. The van der Waals surface area contributed by atoms with Crippen LogP contribution in [-0.4, -0.2) is 41.0 Å². The fourth-order valence-corrected chi connectivity index (χ4v) is 3.79. The maximum Gasteiger partial charge on any atom is 0.408 e. The highest BCUT2D eigenvalue weighted by Gasteiger charge is 2.35. The minimum atomic E-state index is -0.870. The number of hydrogen-bond donors (Lipinski definition) is 2. The van der Waals surface area contributed by atoms with Gasteiger partial charge in [-0.1, -0.05) is 61.0 Å². The number of nitrogens with zero attached hydrogens (tertiary/aromatic N) is 1. The van der Waals surface area contributed by atoms with E-state index in [9.17, 15) is 14.4 Å². The summed E-state index contributed by atoms with van der Waals surface area (Å²) in [5, 5.41) is 5.62. The molecule has 0 saturated carbocycles. The molecule has 0 heterocycles. The molecule has 0 aliphatic heterocycles. The van der Waals surface area contributed by atoms with Crippen molar-refractivity contribution in [3.63, 3.8) is 0 Å². The molecule has 7 nitrogen and oxygen atoms in total. The van der Waals surface area contributed by atoms with Crippen LogP contribution in [0, 0.1) is 13.8 Å². The molecule has 2 rings (SSSR count). The Morgan fingerprint density at radius 2 is 1.69 bits per heavy atom. The Morgan fingerprint density at radius 3 is 2.29 bits per heavy atom. The molecule has 0 saturated heterocycles. The Bertz CT molecular complexity index is 1010. The quantitative estimate of drug-likeness (QED) is 0.538. The molecule has 190 valence electrons. The molecule has 0 bridgehead atoms. The van der Waals surface area contributed by atoms with Crippen molar-refractivity contribution < 1.29 is 19.1 Å². The third kappa shape index (κ3) is 8.42. The second-order valence-electron chi connectivity index (χ2n) is 9.87. The van der Waals surface area contributed by atoms with Crippen molar-refractivity contribution in [1.29, 1.82) is 0 Å². The number of nitrogens with one attached hydrogen (secondary N) is 2. The molecule has 2 aromatic carbocycles. The highest BCUT2D eigenvalue weighted by atomic mass is 16.6. The molecule has 2 atom stereocenters. The van der Waals surface area contributed by atoms with Crippen molar-refractivity contribution in [3.05, 3.63) is 70.8 Å². The SMILES string of the molecule is CCCN(C(=O)C(C)NC(=O)OC(C)(C)C)C(C(=O)NCc1ccccc1)c1cc(C)ccc1C. The van der Waals surface area contributed by atoms with E-state index >= 15 is 0 Å². The Labute approximate surface area is 209 Å². The second-order valence-corrected chi connectivity index (χ2v) is 9.87. The van der Waals surface area contributed by atoms with E-state index in [0.29, 0.717) is 19.5 Å². The topological polar surface area (TPSA) is 87.7 Å². The van der Waals surface area contributed by atoms with Crippen molar-refractivity contribution >= 4 is 17.9 Å². The lowest BCUT2D eigenvalue weighted by molar-refractivity contribution is -0.142. The molecular formula is C28H39N3O4. The number of benzene rings is 2. The standard InChI is InChI=1S/C28H39N3O4/c1-8-16-31(26(33)21(4)30-27(34)35-28(5,6)7)24(23-17-19(2)14-15-20(23)3)25(32)29-18-22-12-10-9-11-13-22/h9-15,17,21,24H,8,16,18H2,1-7H3,(H,29,32)(H,30,34). The Balaban J connectivity index is 2.37. The number of aryl methyl sites for hydroxylation is 2. The van der Waals surface area contributed by atoms with Crippen LogP contribution in [0.15, 0.2) is 48.5 Å². The smallest absolute Gasteiger partial charge is 0.408 e. The molecule has 0 spiro atoms. The van der Waals surface area contributed by atoms with Gasteiger partial charge in [-0.25, -0.2) is 4.79 Å². The highest BCUT2D eigenvalue weighted by molar-refractivity contribution is 5.92. The summed E-state index contributed by atoms with van der Waals surface area (Å²) < 4.78 is 5.31. The van der Waals surface area contributed by atoms with Gasteiger partial charge in [0, 0.05) is 13.1 Å². The summed E-state index contributed by atoms with van der Waals surface area (Å²) in [6, 6.07) is 13.8. The van der Waals surface area contributed by atoms with Crippen molar-refractivity contribution in [2.45, 2.75) is 79.1 Å². The summed E-state index contributed by atoms with van der Waals surface area (Å²) in [5.41, 5.74) is 2.96. The third-order valence-electron chi connectivity index (χ3n) is 5.45. The predicted octanol–water partition coefficient (Wildman–Crippen LogP) is 4.81. The lowest BCUT2D eigenvalue weighted by Gasteiger charge is -2.34. The van der Waals surface area contributed by atoms with Gasteiger partial charge in [0.25, 0.3) is 0 Å². The first-order chi connectivity index (χ1) is 16.4. The van der Waals surface area contributed by atoms with E-state index < -0.39 is 23.8 Å². The number of amides is 3. The Kier molecular flexibility index (Phi) is 9.87. The monoisotopic (exact) mass is 481 g/mol. The lowest BCUT2D eigenvalue weighted by atomic mass is 9.96. The van der Waals surface area contributed by atoms with Crippen LogP contribution < -0.4 is 10.6 Å². The maximum atomic E-state index is 13.6. The van der Waals surface area contributed by atoms with Gasteiger partial charge in [0.05, 0.1) is 0 Å². The normalized spacial score (nSPS) is 12.9. The molecule has 0 radical (unpaired) electrons. The van der Waals surface area contributed by atoms with Gasteiger partial charge in [-0.15, -0.1) is 0 Å². The van der Waals surface area contributed by atoms with E-state index in [1.165, 1.54) is 0 Å². The number of ether oxygens (including phenoxy) is 1. The van der Waals surface area contributed by atoms with Crippen LogP contribution in [0.4, 0.5) is 4.79 Å². The molecule has 0 fully saturated rings. The van der Waals surface area contributed by atoms with Gasteiger partial charge in [-0.05, 0) is 64.7 Å². The van der Waals surface area contributed by atoms with Crippen molar-refractivity contribution in [2.75, 3.05) is 6.54 Å². The zero-order valence-corrected chi connectivity index (χ0v) is 22.0. The van der Waals surface area contributed by atoms with Crippen LogP contribution in [0.3, 0.4) is 0 Å². The first-order valence-electron chi connectivity index (χ1n) is 12.1. The van der Waals surface area contributed by atoms with Crippen LogP contribution in [0.25, 0.3) is 0 Å². The van der Waals surface area contributed by atoms with Crippen LogP contribution in [0.1, 0.15) is 69.3 Å². The molecular weight excluding hydrogens is 442 g/mol. The summed E-state index contributed by atoms with van der Waals surface area (Å²) in [4.78, 5) is 41.1. The molecule has 0 aliphatic carbocycles. The van der Waals surface area contributed by atoms with Crippen LogP contribution >= 0.6 is 0 Å². The van der Waals surface area contributed by atoms with Crippen LogP contribution in [-0.2, 0) is 20.9 Å². The average Bonchev–Trinajstić information content (AvgIpc) is 2.78. The van der Waals surface area contributed by atoms with E-state index in [4.69, 9.17) is 4.74 Å².